The zero-order chi connectivity index (χ0) is 9.61. The Balaban J connectivity index is 3.36. The molecule has 0 aromatic heterocycles. The van der Waals surface area contributed by atoms with Gasteiger partial charge in [0.25, 0.3) is 0 Å². The van der Waals surface area contributed by atoms with Crippen molar-refractivity contribution < 1.29 is 4.79 Å². The molecule has 0 N–H and O–H groups in total. The predicted octanol–water partition coefficient (Wildman–Crippen LogP) is 3.09. The highest BCUT2D eigenvalue weighted by Gasteiger charge is 2.11. The highest BCUT2D eigenvalue weighted by atomic mass is 32.1. The molecule has 0 aliphatic heterocycles. The first-order valence-corrected chi connectivity index (χ1v) is 5.06. The summed E-state index contributed by atoms with van der Waals surface area (Å²) in [6.07, 6.45) is 5.15. The van der Waals surface area contributed by atoms with Crippen LogP contribution in [-0.4, -0.2) is 11.0 Å². The Kier molecular flexibility index (Phi) is 5.64. The normalized spacial score (nSPS) is 14.3. The third-order valence-electron chi connectivity index (χ3n) is 1.98. The molecule has 1 nitrogen and oxygen atoms in total. The van der Waals surface area contributed by atoms with Gasteiger partial charge in [-0.25, -0.2) is 0 Å². The van der Waals surface area contributed by atoms with Gasteiger partial charge in [-0.05, 0) is 12.3 Å². The number of rotatable bonds is 6. The molecule has 72 valence electrons. The third kappa shape index (κ3) is 8.12. The summed E-state index contributed by atoms with van der Waals surface area (Å²) in [6.45, 7) is 6.38. The van der Waals surface area contributed by atoms with Crippen molar-refractivity contribution in [2.45, 2.75) is 51.2 Å². The molecule has 1 atom stereocenters. The molecule has 0 rings (SSSR count). The number of hydrogen-bond acceptors (Lipinski definition) is 2. The molecule has 0 aliphatic carbocycles. The first-order valence-electron chi connectivity index (χ1n) is 4.61. The fourth-order valence-electron chi connectivity index (χ4n) is 1.17. The van der Waals surface area contributed by atoms with Gasteiger partial charge in [0.1, 0.15) is 6.29 Å². The number of carbonyl (C=O) groups is 1. The van der Waals surface area contributed by atoms with Gasteiger partial charge in [-0.2, -0.15) is 12.6 Å². The van der Waals surface area contributed by atoms with E-state index in [1.165, 1.54) is 6.42 Å². The molecule has 0 saturated carbocycles. The lowest BCUT2D eigenvalue weighted by atomic mass is 9.97. The van der Waals surface area contributed by atoms with E-state index in [-0.39, 0.29) is 4.75 Å². The molecule has 2 heteroatoms. The minimum absolute atomic E-state index is 0.140. The summed E-state index contributed by atoms with van der Waals surface area (Å²) in [4.78, 5) is 10.2. The fourth-order valence-corrected chi connectivity index (χ4v) is 1.32. The number of hydrogen-bond donors (Lipinski definition) is 1. The topological polar surface area (TPSA) is 17.1 Å². The van der Waals surface area contributed by atoms with Crippen LogP contribution >= 0.6 is 12.6 Å². The summed E-state index contributed by atoms with van der Waals surface area (Å²) in [5, 5.41) is 0. The quantitative estimate of drug-likeness (QED) is 0.501. The molecule has 0 aliphatic rings. The molecule has 0 amide bonds. The molecule has 0 fully saturated rings. The van der Waals surface area contributed by atoms with Gasteiger partial charge in [-0.15, -0.1) is 0 Å². The van der Waals surface area contributed by atoms with Crippen molar-refractivity contribution in [2.24, 2.45) is 5.92 Å². The zero-order valence-corrected chi connectivity index (χ0v) is 9.23. The molecule has 1 unspecified atom stereocenters. The SMILES string of the molecule is CC(CC=O)CCCC(C)(C)S. The summed E-state index contributed by atoms with van der Waals surface area (Å²) < 4.78 is 0.140. The number of aldehydes is 1. The van der Waals surface area contributed by atoms with Crippen LogP contribution in [0.25, 0.3) is 0 Å². The van der Waals surface area contributed by atoms with Crippen molar-refractivity contribution in [3.8, 4) is 0 Å². The summed E-state index contributed by atoms with van der Waals surface area (Å²) in [7, 11) is 0. The van der Waals surface area contributed by atoms with Crippen molar-refractivity contribution in [1.29, 1.82) is 0 Å². The van der Waals surface area contributed by atoms with Crippen LogP contribution < -0.4 is 0 Å². The van der Waals surface area contributed by atoms with Crippen LogP contribution in [0.4, 0.5) is 0 Å². The maximum atomic E-state index is 10.2. The predicted molar refractivity (Wildman–Crippen MR) is 56.8 cm³/mol. The number of carbonyl (C=O) groups excluding carboxylic acids is 1. The van der Waals surface area contributed by atoms with Crippen molar-refractivity contribution in [3.63, 3.8) is 0 Å². The van der Waals surface area contributed by atoms with E-state index in [0.29, 0.717) is 12.3 Å². The van der Waals surface area contributed by atoms with E-state index < -0.39 is 0 Å². The second kappa shape index (κ2) is 5.63. The van der Waals surface area contributed by atoms with E-state index in [1.54, 1.807) is 0 Å². The van der Waals surface area contributed by atoms with Crippen LogP contribution in [0.2, 0.25) is 0 Å². The van der Waals surface area contributed by atoms with E-state index in [9.17, 15) is 4.79 Å². The van der Waals surface area contributed by atoms with Crippen LogP contribution in [0.15, 0.2) is 0 Å². The van der Waals surface area contributed by atoms with E-state index in [0.717, 1.165) is 19.1 Å². The molecule has 0 heterocycles. The maximum absolute atomic E-state index is 10.2. The minimum Gasteiger partial charge on any atom is -0.303 e. The summed E-state index contributed by atoms with van der Waals surface area (Å²) >= 11 is 4.44. The molecule has 12 heavy (non-hydrogen) atoms. The van der Waals surface area contributed by atoms with Gasteiger partial charge < -0.3 is 4.79 Å². The van der Waals surface area contributed by atoms with E-state index >= 15 is 0 Å². The lowest BCUT2D eigenvalue weighted by Crippen LogP contribution is -2.10. The second-order valence-electron chi connectivity index (χ2n) is 4.21. The van der Waals surface area contributed by atoms with Crippen molar-refractivity contribution in [1.82, 2.24) is 0 Å². The molecule has 0 spiro atoms. The van der Waals surface area contributed by atoms with Gasteiger partial charge in [-0.1, -0.05) is 33.6 Å². The smallest absolute Gasteiger partial charge is 0.120 e. The molecule has 0 aromatic carbocycles. The Hall–Kier alpha value is 0.0200. The summed E-state index contributed by atoms with van der Waals surface area (Å²) in [5.41, 5.74) is 0. The Bertz CT molecular complexity index is 126. The van der Waals surface area contributed by atoms with Gasteiger partial charge in [0, 0.05) is 11.2 Å². The monoisotopic (exact) mass is 188 g/mol. The first kappa shape index (κ1) is 12.0. The van der Waals surface area contributed by atoms with Gasteiger partial charge in [0.05, 0.1) is 0 Å². The first-order chi connectivity index (χ1) is 5.45. The van der Waals surface area contributed by atoms with Gasteiger partial charge in [-0.3, -0.25) is 0 Å². The highest BCUT2D eigenvalue weighted by molar-refractivity contribution is 7.81. The summed E-state index contributed by atoms with van der Waals surface area (Å²) in [6, 6.07) is 0. The zero-order valence-electron chi connectivity index (χ0n) is 8.34. The molecule has 0 saturated heterocycles. The van der Waals surface area contributed by atoms with E-state index in [4.69, 9.17) is 0 Å². The molecular formula is C10H20OS. The fraction of sp³-hybridized carbons (Fsp3) is 0.900. The minimum atomic E-state index is 0.140. The average molecular weight is 188 g/mol. The molecule has 0 bridgehead atoms. The Labute approximate surface area is 81.3 Å². The van der Waals surface area contributed by atoms with Crippen LogP contribution in [0.5, 0.6) is 0 Å². The Morgan fingerprint density at radius 1 is 1.50 bits per heavy atom. The van der Waals surface area contributed by atoms with Gasteiger partial charge in [0.15, 0.2) is 0 Å². The van der Waals surface area contributed by atoms with Gasteiger partial charge in [0.2, 0.25) is 0 Å². The third-order valence-corrected chi connectivity index (χ3v) is 2.21. The molecule has 0 aromatic rings. The van der Waals surface area contributed by atoms with E-state index in [1.807, 2.05) is 0 Å². The van der Waals surface area contributed by atoms with E-state index in [2.05, 4.69) is 33.4 Å². The largest absolute Gasteiger partial charge is 0.303 e. The average Bonchev–Trinajstić information content (AvgIpc) is 1.84. The van der Waals surface area contributed by atoms with Crippen molar-refractivity contribution in [3.05, 3.63) is 0 Å². The molecular weight excluding hydrogens is 168 g/mol. The van der Waals surface area contributed by atoms with Gasteiger partial charge >= 0.3 is 0 Å². The van der Waals surface area contributed by atoms with Crippen molar-refractivity contribution >= 4 is 18.9 Å². The molecule has 0 radical (unpaired) electrons. The van der Waals surface area contributed by atoms with Crippen LogP contribution in [-0.2, 0) is 4.79 Å². The van der Waals surface area contributed by atoms with Crippen LogP contribution in [0.3, 0.4) is 0 Å². The Morgan fingerprint density at radius 3 is 2.50 bits per heavy atom. The lowest BCUT2D eigenvalue weighted by molar-refractivity contribution is -0.108. The standard InChI is InChI=1S/C10H20OS/c1-9(6-8-11)5-4-7-10(2,3)12/h8-9,12H,4-7H2,1-3H3. The summed E-state index contributed by atoms with van der Waals surface area (Å²) in [5.74, 6) is 0.540. The lowest BCUT2D eigenvalue weighted by Gasteiger charge is -2.17. The highest BCUT2D eigenvalue weighted by Crippen LogP contribution is 2.22. The maximum Gasteiger partial charge on any atom is 0.120 e. The second-order valence-corrected chi connectivity index (χ2v) is 5.42. The number of thiol groups is 1. The Morgan fingerprint density at radius 2 is 2.08 bits per heavy atom. The van der Waals surface area contributed by atoms with Crippen LogP contribution in [0.1, 0.15) is 46.5 Å². The van der Waals surface area contributed by atoms with Crippen LogP contribution in [0, 0.1) is 5.92 Å². The van der Waals surface area contributed by atoms with Crippen molar-refractivity contribution in [2.75, 3.05) is 0 Å².